The molecule has 14 heteroatoms. The van der Waals surface area contributed by atoms with Crippen LogP contribution in [0, 0.1) is 6.92 Å². The van der Waals surface area contributed by atoms with E-state index in [0.29, 0.717) is 39.9 Å². The third-order valence-corrected chi connectivity index (χ3v) is 8.83. The molecule has 5 N–H and O–H groups in total. The Morgan fingerprint density at radius 3 is 2.58 bits per heavy atom. The molecule has 1 fully saturated rings. The number of aromatic nitrogens is 1. The number of carboxylic acids is 1. The SMILES string of the molecule is CNC(=O)NS(=O)(=O)N1CCCC(NC(=O)c2[nH]c3ccc(Cl)c(Cl)c3c2C)(c2cccc(C(=O)O)c2)C1. The minimum Gasteiger partial charge on any atom is -0.478 e. The lowest BCUT2D eigenvalue weighted by atomic mass is 9.82. The number of rotatable bonds is 6. The number of benzene rings is 2. The molecule has 202 valence electrons. The largest absolute Gasteiger partial charge is 0.478 e. The minimum absolute atomic E-state index is 0.0252. The maximum atomic E-state index is 13.7. The number of aryl methyl sites for hydroxylation is 1. The number of aromatic amines is 1. The average molecular weight is 582 g/mol. The molecule has 1 aromatic heterocycles. The zero-order chi connectivity index (χ0) is 27.8. The smallest absolute Gasteiger partial charge is 0.335 e. The van der Waals surface area contributed by atoms with Crippen LogP contribution in [0.25, 0.3) is 10.9 Å². The molecular weight excluding hydrogens is 557 g/mol. The first-order valence-corrected chi connectivity index (χ1v) is 13.7. The van der Waals surface area contributed by atoms with E-state index in [9.17, 15) is 27.9 Å². The van der Waals surface area contributed by atoms with Crippen molar-refractivity contribution in [3.63, 3.8) is 0 Å². The van der Waals surface area contributed by atoms with Crippen LogP contribution in [0.1, 0.15) is 44.8 Å². The summed E-state index contributed by atoms with van der Waals surface area (Å²) in [7, 11) is -2.99. The molecule has 0 bridgehead atoms. The number of hydrogen-bond acceptors (Lipinski definition) is 5. The molecule has 1 aliphatic rings. The first-order chi connectivity index (χ1) is 17.9. The molecule has 1 atom stereocenters. The van der Waals surface area contributed by atoms with Crippen LogP contribution < -0.4 is 15.4 Å². The minimum atomic E-state index is -4.28. The molecule has 3 aromatic rings. The number of halogens is 2. The van der Waals surface area contributed by atoms with Gasteiger partial charge in [0, 0.05) is 31.0 Å². The second-order valence-electron chi connectivity index (χ2n) is 8.95. The summed E-state index contributed by atoms with van der Waals surface area (Å²) in [6.45, 7) is 1.54. The van der Waals surface area contributed by atoms with Crippen molar-refractivity contribution < 1.29 is 27.9 Å². The quantitative estimate of drug-likeness (QED) is 0.300. The zero-order valence-electron chi connectivity index (χ0n) is 20.4. The van der Waals surface area contributed by atoms with Crippen LogP contribution in [0.4, 0.5) is 4.79 Å². The molecule has 1 unspecified atom stereocenters. The van der Waals surface area contributed by atoms with Crippen molar-refractivity contribution >= 4 is 62.2 Å². The summed E-state index contributed by atoms with van der Waals surface area (Å²) in [5.74, 6) is -1.72. The van der Waals surface area contributed by atoms with Gasteiger partial charge in [0.1, 0.15) is 5.69 Å². The molecule has 0 aliphatic carbocycles. The number of aromatic carboxylic acids is 1. The summed E-state index contributed by atoms with van der Waals surface area (Å²) in [5.41, 5.74) is 0.390. The predicted molar refractivity (Wildman–Crippen MR) is 143 cm³/mol. The third kappa shape index (κ3) is 5.17. The highest BCUT2D eigenvalue weighted by molar-refractivity contribution is 7.87. The number of piperidine rings is 1. The Morgan fingerprint density at radius 1 is 1.16 bits per heavy atom. The third-order valence-electron chi connectivity index (χ3n) is 6.59. The standard InChI is InChI=1S/C24H25Cl2N5O6S/c1-13-18-17(8-7-16(25)19(18)26)28-20(13)21(32)29-24(15-6-3-5-14(11-15)22(33)34)9-4-10-31(12-24)38(36,37)30-23(35)27-2/h3,5-8,11,28H,4,9-10,12H2,1-2H3,(H,29,32)(H,33,34)(H2,27,30,35). The topological polar surface area (TPSA) is 161 Å². The number of urea groups is 1. The maximum Gasteiger partial charge on any atom is 0.335 e. The summed E-state index contributed by atoms with van der Waals surface area (Å²) < 4.78 is 28.9. The Morgan fingerprint density at radius 2 is 1.89 bits per heavy atom. The highest BCUT2D eigenvalue weighted by Gasteiger charge is 2.43. The van der Waals surface area contributed by atoms with Gasteiger partial charge in [0.05, 0.1) is 21.1 Å². The van der Waals surface area contributed by atoms with E-state index < -0.39 is 33.7 Å². The molecular formula is C24H25Cl2N5O6S. The molecule has 2 heterocycles. The van der Waals surface area contributed by atoms with Crippen molar-refractivity contribution in [2.24, 2.45) is 0 Å². The number of carbonyl (C=O) groups excluding carboxylic acids is 2. The van der Waals surface area contributed by atoms with Crippen LogP contribution in [0.5, 0.6) is 0 Å². The lowest BCUT2D eigenvalue weighted by Gasteiger charge is -2.43. The Bertz CT molecular complexity index is 1560. The molecule has 0 spiro atoms. The van der Waals surface area contributed by atoms with E-state index in [1.165, 1.54) is 25.2 Å². The molecule has 1 saturated heterocycles. The summed E-state index contributed by atoms with van der Waals surface area (Å²) >= 11 is 12.5. The van der Waals surface area contributed by atoms with Crippen molar-refractivity contribution in [1.29, 1.82) is 0 Å². The van der Waals surface area contributed by atoms with Crippen molar-refractivity contribution in [2.45, 2.75) is 25.3 Å². The summed E-state index contributed by atoms with van der Waals surface area (Å²) in [5, 5.41) is 15.9. The number of carboxylic acid groups (broad SMARTS) is 1. The Hall–Kier alpha value is -3.32. The molecule has 1 aliphatic heterocycles. The summed E-state index contributed by atoms with van der Waals surface area (Å²) in [4.78, 5) is 40.2. The van der Waals surface area contributed by atoms with Crippen molar-refractivity contribution in [3.8, 4) is 0 Å². The fraction of sp³-hybridized carbons (Fsp3) is 0.292. The van der Waals surface area contributed by atoms with Gasteiger partial charge in [0.2, 0.25) is 0 Å². The monoisotopic (exact) mass is 581 g/mol. The summed E-state index contributed by atoms with van der Waals surface area (Å²) in [6.07, 6.45) is 0.624. The lowest BCUT2D eigenvalue weighted by molar-refractivity contribution is 0.0696. The predicted octanol–water partition coefficient (Wildman–Crippen LogP) is 3.38. The highest BCUT2D eigenvalue weighted by Crippen LogP contribution is 2.36. The van der Waals surface area contributed by atoms with E-state index in [0.717, 1.165) is 4.31 Å². The normalized spacial score (nSPS) is 18.2. The van der Waals surface area contributed by atoms with Gasteiger partial charge in [-0.05, 0) is 55.2 Å². The van der Waals surface area contributed by atoms with Crippen molar-refractivity contribution in [3.05, 3.63) is 68.8 Å². The van der Waals surface area contributed by atoms with Crippen LogP contribution in [-0.2, 0) is 15.7 Å². The number of fused-ring (bicyclic) bond motifs is 1. The number of nitrogens with zero attached hydrogens (tertiary/aromatic N) is 1. The first-order valence-electron chi connectivity index (χ1n) is 11.5. The van der Waals surface area contributed by atoms with Crippen LogP contribution >= 0.6 is 23.2 Å². The average Bonchev–Trinajstić information content (AvgIpc) is 3.23. The van der Waals surface area contributed by atoms with Crippen LogP contribution in [0.15, 0.2) is 36.4 Å². The van der Waals surface area contributed by atoms with Gasteiger partial charge in [0.25, 0.3) is 5.91 Å². The molecule has 0 saturated carbocycles. The fourth-order valence-corrected chi connectivity index (χ4v) is 6.38. The van der Waals surface area contributed by atoms with E-state index in [2.05, 4.69) is 15.6 Å². The lowest BCUT2D eigenvalue weighted by Crippen LogP contribution is -2.60. The van der Waals surface area contributed by atoms with Gasteiger partial charge >= 0.3 is 22.2 Å². The Balaban J connectivity index is 1.79. The Labute approximate surface area is 228 Å². The van der Waals surface area contributed by atoms with Gasteiger partial charge in [-0.3, -0.25) is 4.79 Å². The molecule has 3 amide bonds. The number of nitrogens with one attached hydrogen (secondary N) is 4. The van der Waals surface area contributed by atoms with E-state index in [1.807, 2.05) is 4.72 Å². The van der Waals surface area contributed by atoms with Gasteiger partial charge in [-0.25, -0.2) is 14.3 Å². The van der Waals surface area contributed by atoms with E-state index >= 15 is 0 Å². The van der Waals surface area contributed by atoms with Gasteiger partial charge in [-0.15, -0.1) is 0 Å². The number of amides is 3. The second-order valence-corrected chi connectivity index (χ2v) is 11.4. The van der Waals surface area contributed by atoms with Gasteiger partial charge in [-0.1, -0.05) is 35.3 Å². The maximum absolute atomic E-state index is 13.7. The fourth-order valence-electron chi connectivity index (χ4n) is 4.70. The van der Waals surface area contributed by atoms with E-state index in [-0.39, 0.29) is 29.4 Å². The van der Waals surface area contributed by atoms with Gasteiger partial charge in [-0.2, -0.15) is 12.7 Å². The van der Waals surface area contributed by atoms with Gasteiger partial charge < -0.3 is 20.7 Å². The number of hydrogen-bond donors (Lipinski definition) is 5. The Kier molecular flexibility index (Phi) is 7.62. The molecule has 2 aromatic carbocycles. The highest BCUT2D eigenvalue weighted by atomic mass is 35.5. The molecule has 4 rings (SSSR count). The second kappa shape index (κ2) is 10.4. The van der Waals surface area contributed by atoms with Crippen molar-refractivity contribution in [2.75, 3.05) is 20.1 Å². The van der Waals surface area contributed by atoms with Crippen LogP contribution in [0.3, 0.4) is 0 Å². The zero-order valence-corrected chi connectivity index (χ0v) is 22.7. The van der Waals surface area contributed by atoms with E-state index in [4.69, 9.17) is 23.2 Å². The van der Waals surface area contributed by atoms with Crippen LogP contribution in [-0.4, -0.2) is 60.9 Å². The summed E-state index contributed by atoms with van der Waals surface area (Å²) in [6, 6.07) is 8.34. The number of carbonyl (C=O) groups is 3. The molecule has 11 nitrogen and oxygen atoms in total. The number of H-pyrrole nitrogens is 1. The van der Waals surface area contributed by atoms with Crippen molar-refractivity contribution in [1.82, 2.24) is 24.6 Å². The van der Waals surface area contributed by atoms with E-state index in [1.54, 1.807) is 25.1 Å². The van der Waals surface area contributed by atoms with Gasteiger partial charge in [0.15, 0.2) is 0 Å². The van der Waals surface area contributed by atoms with Crippen LogP contribution in [0.2, 0.25) is 10.0 Å². The molecule has 0 radical (unpaired) electrons. The first kappa shape index (κ1) is 27.7. The molecule has 38 heavy (non-hydrogen) atoms.